The lowest BCUT2D eigenvalue weighted by Gasteiger charge is -2.22. The predicted molar refractivity (Wildman–Crippen MR) is 80.7 cm³/mol. The van der Waals surface area contributed by atoms with E-state index in [9.17, 15) is 18.0 Å². The molecule has 1 aromatic rings. The summed E-state index contributed by atoms with van der Waals surface area (Å²) in [6, 6.07) is 3.61. The largest absolute Gasteiger partial charge is 0.465 e. The number of amides is 1. The smallest absolute Gasteiger partial charge is 0.337 e. The summed E-state index contributed by atoms with van der Waals surface area (Å²) < 4.78 is 36.3. The van der Waals surface area contributed by atoms with Crippen LogP contribution in [0.1, 0.15) is 10.4 Å². The van der Waals surface area contributed by atoms with Crippen LogP contribution in [0.2, 0.25) is 5.02 Å². The third-order valence-electron chi connectivity index (χ3n) is 3.10. The molecule has 8 nitrogen and oxygen atoms in total. The van der Waals surface area contributed by atoms with Gasteiger partial charge in [-0.15, -0.1) is 0 Å². The third-order valence-corrected chi connectivity index (χ3v) is 4.93. The van der Waals surface area contributed by atoms with Gasteiger partial charge in [0.2, 0.25) is 0 Å². The van der Waals surface area contributed by atoms with Crippen LogP contribution in [0.25, 0.3) is 0 Å². The average Bonchev–Trinajstić information content (AvgIpc) is 2.54. The van der Waals surface area contributed by atoms with Crippen molar-refractivity contribution in [2.45, 2.75) is 11.0 Å². The maximum atomic E-state index is 12.3. The standard InChI is InChI=1S/C13H15ClN2O6S/c1-21-13(18)8-2-3-9(14)11(6-8)23(19,20)16-12(17)10-7-15-4-5-22-10/h2-3,6,10,15H,4-5,7H2,1H3,(H,16,17). The molecule has 1 aromatic carbocycles. The number of benzene rings is 1. The summed E-state index contributed by atoms with van der Waals surface area (Å²) in [6.07, 6.45) is -0.916. The molecule has 1 aliphatic heterocycles. The molecule has 0 radical (unpaired) electrons. The van der Waals surface area contributed by atoms with Crippen molar-refractivity contribution in [2.24, 2.45) is 0 Å². The Hall–Kier alpha value is -1.68. The number of carbonyl (C=O) groups excluding carboxylic acids is 2. The SMILES string of the molecule is COC(=O)c1ccc(Cl)c(S(=O)(=O)NC(=O)C2CNCCO2)c1. The van der Waals surface area contributed by atoms with Crippen LogP contribution >= 0.6 is 11.6 Å². The number of rotatable bonds is 4. The minimum atomic E-state index is -4.25. The number of sulfonamides is 1. The molecule has 2 N–H and O–H groups in total. The van der Waals surface area contributed by atoms with Crippen molar-refractivity contribution >= 4 is 33.5 Å². The van der Waals surface area contributed by atoms with E-state index in [1.165, 1.54) is 19.2 Å². The van der Waals surface area contributed by atoms with E-state index in [4.69, 9.17) is 16.3 Å². The van der Waals surface area contributed by atoms with E-state index in [0.29, 0.717) is 13.2 Å². The lowest BCUT2D eigenvalue weighted by molar-refractivity contribution is -0.132. The molecular formula is C13H15ClN2O6S. The zero-order valence-electron chi connectivity index (χ0n) is 12.2. The Bertz CT molecular complexity index is 715. The summed E-state index contributed by atoms with van der Waals surface area (Å²) in [5.41, 5.74) is 0.000284. The Morgan fingerprint density at radius 1 is 1.43 bits per heavy atom. The molecule has 1 amide bonds. The second-order valence-corrected chi connectivity index (χ2v) is 6.73. The van der Waals surface area contributed by atoms with E-state index >= 15 is 0 Å². The second-order valence-electron chi connectivity index (χ2n) is 4.67. The van der Waals surface area contributed by atoms with Crippen LogP contribution in [0.4, 0.5) is 0 Å². The minimum Gasteiger partial charge on any atom is -0.465 e. The Labute approximate surface area is 138 Å². The molecule has 1 heterocycles. The number of esters is 1. The van der Waals surface area contributed by atoms with E-state index in [0.717, 1.165) is 6.07 Å². The van der Waals surface area contributed by atoms with Gasteiger partial charge in [-0.1, -0.05) is 11.6 Å². The molecule has 0 aromatic heterocycles. The first-order valence-electron chi connectivity index (χ1n) is 6.62. The van der Waals surface area contributed by atoms with Gasteiger partial charge in [-0.25, -0.2) is 17.9 Å². The van der Waals surface area contributed by atoms with Crippen molar-refractivity contribution in [1.82, 2.24) is 10.0 Å². The highest BCUT2D eigenvalue weighted by molar-refractivity contribution is 7.90. The molecular weight excluding hydrogens is 348 g/mol. The second kappa shape index (κ2) is 7.26. The van der Waals surface area contributed by atoms with Crippen LogP contribution in [0.3, 0.4) is 0 Å². The van der Waals surface area contributed by atoms with Crippen LogP contribution in [-0.2, 0) is 24.3 Å². The average molecular weight is 363 g/mol. The predicted octanol–water partition coefficient (Wildman–Crippen LogP) is -0.0801. The summed E-state index contributed by atoms with van der Waals surface area (Å²) in [6.45, 7) is 1.09. The summed E-state index contributed by atoms with van der Waals surface area (Å²) in [5.74, 6) is -1.53. The number of carbonyl (C=O) groups is 2. The zero-order chi connectivity index (χ0) is 17.0. The van der Waals surface area contributed by atoms with E-state index in [2.05, 4.69) is 10.1 Å². The number of ether oxygens (including phenoxy) is 2. The monoisotopic (exact) mass is 362 g/mol. The molecule has 0 aliphatic carbocycles. The lowest BCUT2D eigenvalue weighted by atomic mass is 10.2. The fourth-order valence-corrected chi connectivity index (χ4v) is 3.48. The Morgan fingerprint density at radius 3 is 2.78 bits per heavy atom. The van der Waals surface area contributed by atoms with E-state index in [-0.39, 0.29) is 22.0 Å². The molecule has 10 heteroatoms. The van der Waals surface area contributed by atoms with Crippen LogP contribution < -0.4 is 10.0 Å². The fourth-order valence-electron chi connectivity index (χ4n) is 1.94. The summed E-state index contributed by atoms with van der Waals surface area (Å²) in [5, 5.41) is 2.79. The zero-order valence-corrected chi connectivity index (χ0v) is 13.7. The van der Waals surface area contributed by atoms with Crippen molar-refractivity contribution < 1.29 is 27.5 Å². The summed E-state index contributed by atoms with van der Waals surface area (Å²) in [4.78, 5) is 23.1. The van der Waals surface area contributed by atoms with Crippen molar-refractivity contribution in [1.29, 1.82) is 0 Å². The number of hydrogen-bond donors (Lipinski definition) is 2. The van der Waals surface area contributed by atoms with Gasteiger partial charge >= 0.3 is 5.97 Å². The molecule has 1 fully saturated rings. The van der Waals surface area contributed by atoms with Gasteiger partial charge < -0.3 is 14.8 Å². The molecule has 1 atom stereocenters. The Morgan fingerprint density at radius 2 is 2.17 bits per heavy atom. The van der Waals surface area contributed by atoms with Gasteiger partial charge in [0.15, 0.2) is 0 Å². The van der Waals surface area contributed by atoms with E-state index in [1.807, 2.05) is 4.72 Å². The molecule has 0 saturated carbocycles. The van der Waals surface area contributed by atoms with Gasteiger partial charge in [-0.05, 0) is 18.2 Å². The molecule has 0 bridgehead atoms. The Kier molecular flexibility index (Phi) is 5.58. The van der Waals surface area contributed by atoms with E-state index in [1.54, 1.807) is 0 Å². The number of nitrogens with one attached hydrogen (secondary N) is 2. The van der Waals surface area contributed by atoms with E-state index < -0.39 is 28.0 Å². The molecule has 126 valence electrons. The molecule has 1 saturated heterocycles. The maximum absolute atomic E-state index is 12.3. The highest BCUT2D eigenvalue weighted by Gasteiger charge is 2.28. The minimum absolute atomic E-state index is 0.000284. The Balaban J connectivity index is 2.24. The van der Waals surface area contributed by atoms with Crippen LogP contribution in [0.15, 0.2) is 23.1 Å². The number of morpholine rings is 1. The fraction of sp³-hybridized carbons (Fsp3) is 0.385. The lowest BCUT2D eigenvalue weighted by Crippen LogP contribution is -2.49. The normalized spacial score (nSPS) is 18.3. The summed E-state index contributed by atoms with van der Waals surface area (Å²) in [7, 11) is -3.08. The van der Waals surface area contributed by atoms with Gasteiger partial charge in [0.25, 0.3) is 15.9 Å². The molecule has 2 rings (SSSR count). The maximum Gasteiger partial charge on any atom is 0.337 e. The van der Waals surface area contributed by atoms with Crippen molar-refractivity contribution in [3.05, 3.63) is 28.8 Å². The highest BCUT2D eigenvalue weighted by atomic mass is 35.5. The van der Waals surface area contributed by atoms with Crippen LogP contribution in [0, 0.1) is 0 Å². The van der Waals surface area contributed by atoms with Crippen molar-refractivity contribution in [3.8, 4) is 0 Å². The number of methoxy groups -OCH3 is 1. The topological polar surface area (TPSA) is 111 Å². The summed E-state index contributed by atoms with van der Waals surface area (Å²) >= 11 is 5.87. The van der Waals surface area contributed by atoms with Gasteiger partial charge in [-0.2, -0.15) is 0 Å². The molecule has 23 heavy (non-hydrogen) atoms. The highest BCUT2D eigenvalue weighted by Crippen LogP contribution is 2.23. The number of halogens is 1. The quantitative estimate of drug-likeness (QED) is 0.720. The van der Waals surface area contributed by atoms with Gasteiger partial charge in [0, 0.05) is 13.1 Å². The number of hydrogen-bond acceptors (Lipinski definition) is 7. The van der Waals surface area contributed by atoms with Crippen LogP contribution in [-0.4, -0.2) is 53.2 Å². The van der Waals surface area contributed by atoms with Gasteiger partial charge in [0.1, 0.15) is 11.0 Å². The van der Waals surface area contributed by atoms with Gasteiger partial charge in [-0.3, -0.25) is 4.79 Å². The third kappa shape index (κ3) is 4.20. The molecule has 0 spiro atoms. The van der Waals surface area contributed by atoms with Crippen molar-refractivity contribution in [3.63, 3.8) is 0 Å². The van der Waals surface area contributed by atoms with Crippen molar-refractivity contribution in [2.75, 3.05) is 26.8 Å². The van der Waals surface area contributed by atoms with Crippen LogP contribution in [0.5, 0.6) is 0 Å². The first-order valence-corrected chi connectivity index (χ1v) is 8.48. The molecule has 1 aliphatic rings. The first kappa shape index (κ1) is 17.7. The first-order chi connectivity index (χ1) is 10.8. The van der Waals surface area contributed by atoms with Gasteiger partial charge in [0.05, 0.1) is 24.3 Å². The molecule has 1 unspecified atom stereocenters.